The van der Waals surface area contributed by atoms with Gasteiger partial charge in [0.05, 0.1) is 11.8 Å². The fourth-order valence-electron chi connectivity index (χ4n) is 6.45. The summed E-state index contributed by atoms with van der Waals surface area (Å²) in [4.78, 5) is 5.28. The summed E-state index contributed by atoms with van der Waals surface area (Å²) in [5.74, 6) is -0.217. The average molecular weight is 645 g/mol. The number of hydrogen-bond donors (Lipinski definition) is 0. The number of allylic oxidation sites excluding steroid dienone is 6. The minimum atomic E-state index is -0.217. The molecule has 0 aliphatic heterocycles. The van der Waals surface area contributed by atoms with E-state index in [-0.39, 0.29) is 17.3 Å². The monoisotopic (exact) mass is 644 g/mol. The van der Waals surface area contributed by atoms with Gasteiger partial charge in [-0.3, -0.25) is 4.99 Å². The van der Waals surface area contributed by atoms with Crippen LogP contribution in [0.1, 0.15) is 75.4 Å². The molecule has 0 saturated carbocycles. The van der Waals surface area contributed by atoms with Crippen molar-refractivity contribution in [3.63, 3.8) is 0 Å². The van der Waals surface area contributed by atoms with Crippen LogP contribution in [0.5, 0.6) is 0 Å². The first-order chi connectivity index (χ1) is 23.6. The lowest BCUT2D eigenvalue weighted by Gasteiger charge is -2.19. The molecule has 1 aromatic heterocycles. The summed E-state index contributed by atoms with van der Waals surface area (Å²) in [7, 11) is 0. The first-order valence-electron chi connectivity index (χ1n) is 17.1. The fourth-order valence-corrected chi connectivity index (χ4v) is 6.45. The van der Waals surface area contributed by atoms with E-state index < -0.39 is 0 Å². The molecule has 1 heterocycles. The van der Waals surface area contributed by atoms with Crippen molar-refractivity contribution in [3.8, 4) is 0 Å². The molecule has 0 N–H and O–H groups in total. The Labute approximate surface area is 290 Å². The lowest BCUT2D eigenvalue weighted by Crippen LogP contribution is -2.10. The highest BCUT2D eigenvalue weighted by Gasteiger charge is 2.18. The third-order valence-electron chi connectivity index (χ3n) is 9.22. The van der Waals surface area contributed by atoms with Gasteiger partial charge in [-0.25, -0.2) is 4.39 Å². The average Bonchev–Trinajstić information content (AvgIpc) is 3.42. The van der Waals surface area contributed by atoms with Crippen molar-refractivity contribution < 1.29 is 4.39 Å². The zero-order chi connectivity index (χ0) is 34.5. The predicted octanol–water partition coefficient (Wildman–Crippen LogP) is 12.5. The van der Waals surface area contributed by atoms with Crippen molar-refractivity contribution in [2.45, 2.75) is 59.5 Å². The van der Waals surface area contributed by atoms with Crippen molar-refractivity contribution in [1.29, 1.82) is 0 Å². The SMILES string of the molecule is C/C=C\C(=C/Cn1c2ccc(F)cc2c2cc(C(C)(C)C)ccc21)c1cccc(C(/C=C(\C)c2ccccc2)=NC(C)c2ccccc2)c1. The Morgan fingerprint density at radius 2 is 1.39 bits per heavy atom. The molecule has 1 atom stereocenters. The van der Waals surface area contributed by atoms with Gasteiger partial charge in [-0.2, -0.15) is 0 Å². The van der Waals surface area contributed by atoms with Gasteiger partial charge in [0, 0.05) is 33.9 Å². The molecule has 0 saturated heterocycles. The molecule has 1 unspecified atom stereocenters. The van der Waals surface area contributed by atoms with Crippen molar-refractivity contribution >= 4 is 38.7 Å². The maximum atomic E-state index is 14.6. The molecule has 0 amide bonds. The second kappa shape index (κ2) is 14.5. The Kier molecular flexibility index (Phi) is 9.92. The highest BCUT2D eigenvalue weighted by molar-refractivity contribution is 6.12. The quantitative estimate of drug-likeness (QED) is 0.110. The summed E-state index contributed by atoms with van der Waals surface area (Å²) in [5, 5.41) is 2.02. The van der Waals surface area contributed by atoms with Crippen molar-refractivity contribution in [2.24, 2.45) is 4.99 Å². The highest BCUT2D eigenvalue weighted by atomic mass is 19.1. The molecule has 6 aromatic rings. The van der Waals surface area contributed by atoms with Crippen LogP contribution in [0.2, 0.25) is 0 Å². The van der Waals surface area contributed by atoms with E-state index in [4.69, 9.17) is 4.99 Å². The maximum Gasteiger partial charge on any atom is 0.123 e. The molecule has 246 valence electrons. The first-order valence-corrected chi connectivity index (χ1v) is 17.1. The van der Waals surface area contributed by atoms with Crippen molar-refractivity contribution in [2.75, 3.05) is 0 Å². The summed E-state index contributed by atoms with van der Waals surface area (Å²) in [6, 6.07) is 41.3. The molecule has 0 aliphatic rings. The number of aliphatic imine (C=N–C) groups is 1. The molecular weight excluding hydrogens is 600 g/mol. The Morgan fingerprint density at radius 1 is 0.755 bits per heavy atom. The second-order valence-electron chi connectivity index (χ2n) is 13.8. The number of benzene rings is 5. The van der Waals surface area contributed by atoms with E-state index in [0.29, 0.717) is 6.54 Å². The van der Waals surface area contributed by atoms with Crippen LogP contribution in [-0.4, -0.2) is 10.3 Å². The van der Waals surface area contributed by atoms with Crippen LogP contribution >= 0.6 is 0 Å². The van der Waals surface area contributed by atoms with Crippen LogP contribution in [0, 0.1) is 5.82 Å². The van der Waals surface area contributed by atoms with Crippen LogP contribution in [-0.2, 0) is 12.0 Å². The van der Waals surface area contributed by atoms with Crippen molar-refractivity contribution in [3.05, 3.63) is 179 Å². The smallest absolute Gasteiger partial charge is 0.123 e. The van der Waals surface area contributed by atoms with E-state index in [2.05, 4.69) is 161 Å². The molecule has 5 aromatic carbocycles. The lowest BCUT2D eigenvalue weighted by atomic mass is 9.86. The van der Waals surface area contributed by atoms with Gasteiger partial charge < -0.3 is 4.57 Å². The Balaban J connectivity index is 1.43. The number of aromatic nitrogens is 1. The van der Waals surface area contributed by atoms with E-state index in [1.54, 1.807) is 12.1 Å². The first kappa shape index (κ1) is 33.6. The van der Waals surface area contributed by atoms with Gasteiger partial charge in [0.25, 0.3) is 0 Å². The third kappa shape index (κ3) is 7.57. The minimum Gasteiger partial charge on any atom is -0.337 e. The number of rotatable bonds is 9. The molecular formula is C46H45FN2. The molecule has 0 fully saturated rings. The zero-order valence-corrected chi connectivity index (χ0v) is 29.4. The number of halogens is 1. The van der Waals surface area contributed by atoms with Crippen LogP contribution in [0.15, 0.2) is 151 Å². The normalized spacial score (nSPS) is 13.9. The fraction of sp³-hybridized carbons (Fsp3) is 0.196. The summed E-state index contributed by atoms with van der Waals surface area (Å²) < 4.78 is 16.9. The van der Waals surface area contributed by atoms with Crippen LogP contribution in [0.4, 0.5) is 4.39 Å². The topological polar surface area (TPSA) is 17.3 Å². The van der Waals surface area contributed by atoms with E-state index in [1.807, 2.05) is 18.2 Å². The Bertz CT molecular complexity index is 2210. The Hall–Kier alpha value is -5.28. The summed E-state index contributed by atoms with van der Waals surface area (Å²) >= 11 is 0. The van der Waals surface area contributed by atoms with Gasteiger partial charge in [-0.1, -0.05) is 124 Å². The lowest BCUT2D eigenvalue weighted by molar-refractivity contribution is 0.591. The molecule has 0 bridgehead atoms. The largest absolute Gasteiger partial charge is 0.337 e. The Morgan fingerprint density at radius 3 is 2.08 bits per heavy atom. The van der Waals surface area contributed by atoms with Gasteiger partial charge in [0.1, 0.15) is 5.82 Å². The van der Waals surface area contributed by atoms with Gasteiger partial charge in [0.15, 0.2) is 0 Å². The van der Waals surface area contributed by atoms with Crippen molar-refractivity contribution in [1.82, 2.24) is 4.57 Å². The summed E-state index contributed by atoms with van der Waals surface area (Å²) in [6.45, 7) is 13.6. The van der Waals surface area contributed by atoms with Crippen LogP contribution in [0.25, 0.3) is 33.0 Å². The summed E-state index contributed by atoms with van der Waals surface area (Å²) in [5.41, 5.74) is 11.1. The number of nitrogens with zero attached hydrogens (tertiary/aromatic N) is 2. The number of hydrogen-bond acceptors (Lipinski definition) is 1. The van der Waals surface area contributed by atoms with E-state index in [9.17, 15) is 4.39 Å². The van der Waals surface area contributed by atoms with E-state index in [1.165, 1.54) is 16.7 Å². The molecule has 0 radical (unpaired) electrons. The van der Waals surface area contributed by atoms with Crippen LogP contribution in [0.3, 0.4) is 0 Å². The van der Waals surface area contributed by atoms with Gasteiger partial charge in [-0.05, 0) is 102 Å². The molecule has 49 heavy (non-hydrogen) atoms. The molecule has 2 nitrogen and oxygen atoms in total. The molecule has 0 aliphatic carbocycles. The zero-order valence-electron chi connectivity index (χ0n) is 29.4. The van der Waals surface area contributed by atoms with E-state index >= 15 is 0 Å². The third-order valence-corrected chi connectivity index (χ3v) is 9.22. The molecule has 0 spiro atoms. The predicted molar refractivity (Wildman–Crippen MR) is 209 cm³/mol. The van der Waals surface area contributed by atoms with Gasteiger partial charge in [0.2, 0.25) is 0 Å². The van der Waals surface area contributed by atoms with Crippen LogP contribution < -0.4 is 0 Å². The summed E-state index contributed by atoms with van der Waals surface area (Å²) in [6.07, 6.45) is 8.73. The highest BCUT2D eigenvalue weighted by Crippen LogP contribution is 2.34. The minimum absolute atomic E-state index is 0.00415. The molecule has 6 rings (SSSR count). The van der Waals surface area contributed by atoms with Gasteiger partial charge in [-0.15, -0.1) is 0 Å². The second-order valence-corrected chi connectivity index (χ2v) is 13.8. The molecule has 3 heteroatoms. The van der Waals surface area contributed by atoms with Gasteiger partial charge >= 0.3 is 0 Å². The maximum absolute atomic E-state index is 14.6. The standard InChI is InChI=1S/C46H45FN2/c1-7-15-36(26-27-49-44-24-22-39(46(4,5)6)30-41(44)42-31-40(47)23-25-45(42)49)37-20-14-21-38(29-37)43(28-32(2)34-16-10-8-11-17-34)48-33(3)35-18-12-9-13-19-35/h7-26,28-31,33H,27H2,1-6H3/b15-7-,32-28+,36-26+,48-43?. The number of fused-ring (bicyclic) bond motifs is 3. The van der Waals surface area contributed by atoms with E-state index in [0.717, 1.165) is 49.8 Å².